The molecule has 1 spiro atoms. The van der Waals surface area contributed by atoms with Crippen molar-refractivity contribution < 1.29 is 4.79 Å². The number of amides is 1. The number of hydrogen-bond donors (Lipinski definition) is 3. The van der Waals surface area contributed by atoms with Gasteiger partial charge in [-0.05, 0) is 41.0 Å². The van der Waals surface area contributed by atoms with E-state index in [-0.39, 0.29) is 34.1 Å². The molecule has 4 heterocycles. The van der Waals surface area contributed by atoms with Gasteiger partial charge >= 0.3 is 0 Å². The molecule has 2 aromatic heterocycles. The minimum atomic E-state index is -0.302. The predicted octanol–water partition coefficient (Wildman–Crippen LogP) is 0.0152. The van der Waals surface area contributed by atoms with Crippen molar-refractivity contribution in [1.82, 2.24) is 19.9 Å². The second-order valence-corrected chi connectivity index (χ2v) is 12.1. The lowest BCUT2D eigenvalue weighted by atomic mass is 9.51. The van der Waals surface area contributed by atoms with Crippen LogP contribution in [0.5, 0.6) is 0 Å². The summed E-state index contributed by atoms with van der Waals surface area (Å²) < 4.78 is 0. The Morgan fingerprint density at radius 3 is 2.61 bits per heavy atom. The van der Waals surface area contributed by atoms with E-state index in [1.807, 2.05) is 0 Å². The number of thiazole rings is 1. The van der Waals surface area contributed by atoms with Crippen LogP contribution in [0.1, 0.15) is 51.1 Å². The predicted molar refractivity (Wildman–Crippen MR) is 147 cm³/mol. The molecule has 9 nitrogen and oxygen atoms in total. The zero-order valence-electron chi connectivity index (χ0n) is 20.7. The van der Waals surface area contributed by atoms with Crippen molar-refractivity contribution in [3.05, 3.63) is 57.9 Å². The average Bonchev–Trinajstić information content (AvgIpc) is 3.36. The lowest BCUT2D eigenvalue weighted by Gasteiger charge is -2.42. The maximum atomic E-state index is 13.4. The van der Waals surface area contributed by atoms with Crippen molar-refractivity contribution in [3.63, 3.8) is 0 Å². The molecule has 1 atom stereocenters. The molecule has 0 radical (unpaired) electrons. The first-order chi connectivity index (χ1) is 17.2. The van der Waals surface area contributed by atoms with E-state index in [0.29, 0.717) is 24.0 Å². The minimum absolute atomic E-state index is 0.0650. The number of carbonyl (C=O) groups excluding carboxylic acids is 1. The summed E-state index contributed by atoms with van der Waals surface area (Å²) in [7, 11) is 4.14. The number of aromatic nitrogens is 3. The smallest absolute Gasteiger partial charge is 0.276 e. The molecule has 12 heteroatoms. The first-order valence-corrected chi connectivity index (χ1v) is 13.2. The summed E-state index contributed by atoms with van der Waals surface area (Å²) in [6, 6.07) is 8.60. The fourth-order valence-electron chi connectivity index (χ4n) is 6.28. The molecule has 3 aromatic rings. The highest BCUT2D eigenvalue weighted by Crippen LogP contribution is 2.50. The highest BCUT2D eigenvalue weighted by atomic mass is 32.1. The van der Waals surface area contributed by atoms with Gasteiger partial charge in [0.2, 0.25) is 0 Å². The third-order valence-corrected chi connectivity index (χ3v) is 9.10. The average molecular weight is 500 g/mol. The molecule has 1 fully saturated rings. The lowest BCUT2D eigenvalue weighted by Crippen LogP contribution is -2.49. The molecule has 1 amide bonds. The Morgan fingerprint density at radius 2 is 1.89 bits per heavy atom. The second kappa shape index (κ2) is 8.21. The number of rotatable bonds is 2. The number of hydrogen-bond acceptors (Lipinski definition) is 9. The van der Waals surface area contributed by atoms with Crippen molar-refractivity contribution in [1.29, 1.82) is 0 Å². The number of nitrogens with zero attached hydrogens (tertiary/aromatic N) is 5. The summed E-state index contributed by atoms with van der Waals surface area (Å²) in [6.45, 7) is 2.63. The fourth-order valence-corrected chi connectivity index (χ4v) is 7.31. The number of nitrogens with two attached hydrogens (primary N) is 3. The SMILES string of the molecule is BC1(B)CN(C(=O)c2ncc(N3CCC4(CC3)Cc3ccccc3C4N)nc2N)Cc2sc(N)nc21. The molecule has 6 rings (SSSR count). The van der Waals surface area contributed by atoms with Crippen LogP contribution >= 0.6 is 11.3 Å². The van der Waals surface area contributed by atoms with E-state index in [1.54, 1.807) is 11.1 Å². The molecule has 2 aliphatic heterocycles. The minimum Gasteiger partial charge on any atom is -0.382 e. The third kappa shape index (κ3) is 3.66. The van der Waals surface area contributed by atoms with Crippen LogP contribution in [0, 0.1) is 5.41 Å². The lowest BCUT2D eigenvalue weighted by molar-refractivity contribution is 0.0720. The van der Waals surface area contributed by atoms with E-state index in [4.69, 9.17) is 17.2 Å². The molecule has 1 aliphatic carbocycles. The van der Waals surface area contributed by atoms with Crippen LogP contribution in [0.15, 0.2) is 30.5 Å². The summed E-state index contributed by atoms with van der Waals surface area (Å²) in [4.78, 5) is 32.0. The van der Waals surface area contributed by atoms with Gasteiger partial charge < -0.3 is 27.0 Å². The van der Waals surface area contributed by atoms with Crippen LogP contribution < -0.4 is 22.1 Å². The Kier molecular flexibility index (Phi) is 5.31. The van der Waals surface area contributed by atoms with Gasteiger partial charge in [0.05, 0.1) is 18.4 Å². The fraction of sp³-hybridized carbons (Fsp3) is 0.417. The summed E-state index contributed by atoms with van der Waals surface area (Å²) in [5.41, 5.74) is 22.9. The van der Waals surface area contributed by atoms with Gasteiger partial charge in [-0.25, -0.2) is 15.0 Å². The van der Waals surface area contributed by atoms with Crippen LogP contribution in [-0.4, -0.2) is 61.1 Å². The number of piperidine rings is 1. The Hall–Kier alpha value is -3.11. The van der Waals surface area contributed by atoms with Gasteiger partial charge in [-0.2, -0.15) is 0 Å². The molecule has 3 aliphatic rings. The Morgan fingerprint density at radius 1 is 1.14 bits per heavy atom. The molecular weight excluding hydrogens is 470 g/mol. The quantitative estimate of drug-likeness (QED) is 0.419. The van der Waals surface area contributed by atoms with Crippen molar-refractivity contribution in [2.45, 2.75) is 37.1 Å². The molecule has 36 heavy (non-hydrogen) atoms. The van der Waals surface area contributed by atoms with Crippen LogP contribution in [0.25, 0.3) is 0 Å². The number of anilines is 3. The number of nitrogen functional groups attached to an aromatic ring is 2. The van der Waals surface area contributed by atoms with Crippen molar-refractivity contribution in [2.75, 3.05) is 36.0 Å². The van der Waals surface area contributed by atoms with E-state index in [0.717, 1.165) is 42.9 Å². The standard InChI is InChI=1S/C24H30B2N8OS/c25-24(26)12-34(11-15-19(24)32-22(29)36-15)21(35)17-20(28)31-16(10-30-17)33-7-5-23(6-8-33)9-13-3-1-2-4-14(13)18(23)27/h1-4,10,18H,5-9,11-12,25-27H2,(H2,28,31)(H2,29,32). The molecule has 0 bridgehead atoms. The number of carbonyl (C=O) groups is 1. The largest absolute Gasteiger partial charge is 0.382 e. The normalized spacial score (nSPS) is 21.9. The summed E-state index contributed by atoms with van der Waals surface area (Å²) in [5.74, 6) is 0.652. The zero-order chi connectivity index (χ0) is 25.2. The van der Waals surface area contributed by atoms with Crippen LogP contribution in [-0.2, 0) is 18.2 Å². The van der Waals surface area contributed by atoms with Crippen molar-refractivity contribution in [3.8, 4) is 0 Å². The summed E-state index contributed by atoms with van der Waals surface area (Å²) >= 11 is 1.43. The Bertz CT molecular complexity index is 1350. The van der Waals surface area contributed by atoms with Gasteiger partial charge in [0.25, 0.3) is 5.91 Å². The van der Waals surface area contributed by atoms with E-state index >= 15 is 0 Å². The van der Waals surface area contributed by atoms with Crippen LogP contribution in [0.2, 0.25) is 0 Å². The van der Waals surface area contributed by atoms with Crippen LogP contribution in [0.4, 0.5) is 16.8 Å². The van der Waals surface area contributed by atoms with Gasteiger partial charge in [-0.3, -0.25) is 4.79 Å². The summed E-state index contributed by atoms with van der Waals surface area (Å²) in [6.07, 6.45) is 4.66. The number of benzene rings is 1. The topological polar surface area (TPSA) is 140 Å². The van der Waals surface area contributed by atoms with Gasteiger partial charge in [0, 0.05) is 30.6 Å². The third-order valence-electron chi connectivity index (χ3n) is 8.23. The number of fused-ring (bicyclic) bond motifs is 2. The Balaban J connectivity index is 1.16. The monoisotopic (exact) mass is 500 g/mol. The van der Waals surface area contributed by atoms with Crippen molar-refractivity contribution in [2.24, 2.45) is 11.1 Å². The van der Waals surface area contributed by atoms with Gasteiger partial charge in [0.1, 0.15) is 21.5 Å². The van der Waals surface area contributed by atoms with E-state index < -0.39 is 0 Å². The maximum Gasteiger partial charge on any atom is 0.276 e. The first kappa shape index (κ1) is 23.3. The molecule has 184 valence electrons. The van der Waals surface area contributed by atoms with Crippen LogP contribution in [0.3, 0.4) is 0 Å². The highest BCUT2D eigenvalue weighted by molar-refractivity contribution is 7.15. The van der Waals surface area contributed by atoms with E-state index in [9.17, 15) is 4.79 Å². The highest BCUT2D eigenvalue weighted by Gasteiger charge is 2.46. The van der Waals surface area contributed by atoms with Gasteiger partial charge in [-0.15, -0.1) is 11.3 Å². The first-order valence-electron chi connectivity index (χ1n) is 12.4. The Labute approximate surface area is 216 Å². The van der Waals surface area contributed by atoms with Crippen molar-refractivity contribution >= 4 is 49.7 Å². The molecule has 0 saturated carbocycles. The summed E-state index contributed by atoms with van der Waals surface area (Å²) in [5, 5.41) is 0.223. The molecule has 1 saturated heterocycles. The molecule has 6 N–H and O–H groups in total. The van der Waals surface area contributed by atoms with Gasteiger partial charge in [-0.1, -0.05) is 24.3 Å². The molecule has 1 aromatic carbocycles. The zero-order valence-corrected chi connectivity index (χ0v) is 21.5. The second-order valence-electron chi connectivity index (χ2n) is 11.0. The van der Waals surface area contributed by atoms with Gasteiger partial charge in [0.15, 0.2) is 16.6 Å². The van der Waals surface area contributed by atoms with E-state index in [1.165, 1.54) is 22.5 Å². The molecular formula is C24H30B2N8OS. The maximum absolute atomic E-state index is 13.4. The molecule has 1 unspecified atom stereocenters. The van der Waals surface area contributed by atoms with E-state index in [2.05, 4.69) is 59.8 Å².